The third kappa shape index (κ3) is 8.53. The second-order valence-corrected chi connectivity index (χ2v) is 4.79. The zero-order chi connectivity index (χ0) is 20.0. The molecule has 2 fully saturated rings. The average molecular weight is 384 g/mol. The van der Waals surface area contributed by atoms with E-state index in [9.17, 15) is 31.1 Å². The van der Waals surface area contributed by atoms with E-state index in [-0.39, 0.29) is 12.0 Å². The number of hydrazine groups is 1. The number of ether oxygens (including phenoxy) is 1. The highest BCUT2D eigenvalue weighted by atomic mass is 19.4. The third-order valence-corrected chi connectivity index (χ3v) is 2.97. The van der Waals surface area contributed by atoms with E-state index in [0.717, 1.165) is 13.0 Å². The Balaban J connectivity index is 0.000000366. The first kappa shape index (κ1) is 22.9. The monoisotopic (exact) mass is 384 g/mol. The second-order valence-electron chi connectivity index (χ2n) is 4.79. The van der Waals surface area contributed by atoms with Crippen molar-refractivity contribution < 1.29 is 55.7 Å². The molecule has 3 atom stereocenters. The Morgan fingerprint density at radius 3 is 1.72 bits per heavy atom. The number of alkyl halides is 6. The molecule has 1 heterocycles. The molecular formula is C11H14F6N2O6. The summed E-state index contributed by atoms with van der Waals surface area (Å²) in [6.45, 7) is 0.984. The van der Waals surface area contributed by atoms with Crippen LogP contribution in [0.1, 0.15) is 6.42 Å². The van der Waals surface area contributed by atoms with Gasteiger partial charge in [-0.25, -0.2) is 15.0 Å². The maximum atomic E-state index is 11.1. The van der Waals surface area contributed by atoms with E-state index in [1.54, 1.807) is 0 Å². The number of esters is 1. The summed E-state index contributed by atoms with van der Waals surface area (Å²) in [6, 6.07) is -0.112. The minimum absolute atomic E-state index is 0.112. The van der Waals surface area contributed by atoms with E-state index < -0.39 is 24.3 Å². The van der Waals surface area contributed by atoms with Crippen molar-refractivity contribution in [3.05, 3.63) is 0 Å². The number of hydrogen-bond acceptors (Lipinski definition) is 6. The molecule has 4 N–H and O–H groups in total. The molecule has 1 saturated carbocycles. The minimum Gasteiger partial charge on any atom is -0.475 e. The highest BCUT2D eigenvalue weighted by Gasteiger charge is 2.48. The Hall–Kier alpha value is -2.09. The second kappa shape index (κ2) is 8.84. The number of carbonyl (C=O) groups excluding carboxylic acids is 1. The van der Waals surface area contributed by atoms with Crippen LogP contribution in [0.3, 0.4) is 0 Å². The first-order valence-corrected chi connectivity index (χ1v) is 6.38. The van der Waals surface area contributed by atoms with E-state index in [2.05, 4.69) is 15.6 Å². The molecule has 0 bridgehead atoms. The van der Waals surface area contributed by atoms with Crippen molar-refractivity contribution in [3.63, 3.8) is 0 Å². The van der Waals surface area contributed by atoms with Gasteiger partial charge in [0.1, 0.15) is 6.04 Å². The number of nitrogens with one attached hydrogen (secondary N) is 2. The Morgan fingerprint density at radius 2 is 1.40 bits per heavy atom. The van der Waals surface area contributed by atoms with Crippen LogP contribution < -0.4 is 10.9 Å². The molecule has 14 heteroatoms. The maximum Gasteiger partial charge on any atom is 0.490 e. The SMILES string of the molecule is COC(=O)[C@H]1NNC[C@@H]2C[C@@H]21.O=C(O)C(F)(F)F.O=C(O)C(F)(F)F. The van der Waals surface area contributed by atoms with E-state index >= 15 is 0 Å². The number of fused-ring (bicyclic) bond motifs is 1. The van der Waals surface area contributed by atoms with Crippen LogP contribution in [-0.4, -0.2) is 60.2 Å². The first-order chi connectivity index (χ1) is 11.2. The molecule has 0 amide bonds. The van der Waals surface area contributed by atoms with Gasteiger partial charge in [0, 0.05) is 6.54 Å². The number of methoxy groups -OCH3 is 1. The van der Waals surface area contributed by atoms with Crippen LogP contribution in [0.25, 0.3) is 0 Å². The summed E-state index contributed by atoms with van der Waals surface area (Å²) in [4.78, 5) is 28.9. The van der Waals surface area contributed by atoms with Crippen LogP contribution in [0.2, 0.25) is 0 Å². The van der Waals surface area contributed by atoms with Gasteiger partial charge in [-0.05, 0) is 18.3 Å². The summed E-state index contributed by atoms with van der Waals surface area (Å²) >= 11 is 0. The van der Waals surface area contributed by atoms with Crippen LogP contribution in [-0.2, 0) is 19.1 Å². The fourth-order valence-corrected chi connectivity index (χ4v) is 1.68. The summed E-state index contributed by atoms with van der Waals surface area (Å²) in [6.07, 6.45) is -9.01. The number of aliphatic carboxylic acids is 2. The van der Waals surface area contributed by atoms with Crippen molar-refractivity contribution in [1.29, 1.82) is 0 Å². The molecule has 146 valence electrons. The van der Waals surface area contributed by atoms with Gasteiger partial charge in [-0.15, -0.1) is 0 Å². The predicted octanol–water partition coefficient (Wildman–Crippen LogP) is 0.538. The van der Waals surface area contributed by atoms with E-state index in [1.165, 1.54) is 7.11 Å². The van der Waals surface area contributed by atoms with Crippen LogP contribution in [0.4, 0.5) is 26.3 Å². The summed E-state index contributed by atoms with van der Waals surface area (Å²) in [5, 5.41) is 14.2. The van der Waals surface area contributed by atoms with Crippen LogP contribution in [0.5, 0.6) is 0 Å². The molecule has 2 rings (SSSR count). The third-order valence-electron chi connectivity index (χ3n) is 2.97. The molecule has 0 spiro atoms. The molecular weight excluding hydrogens is 370 g/mol. The summed E-state index contributed by atoms with van der Waals surface area (Å²) in [5.74, 6) is -4.45. The van der Waals surface area contributed by atoms with Gasteiger partial charge in [0.2, 0.25) is 0 Å². The van der Waals surface area contributed by atoms with Gasteiger partial charge in [-0.1, -0.05) is 0 Å². The van der Waals surface area contributed by atoms with Crippen molar-refractivity contribution >= 4 is 17.9 Å². The number of carboxylic acid groups (broad SMARTS) is 2. The average Bonchev–Trinajstić information content (AvgIpc) is 3.24. The molecule has 0 aromatic carbocycles. The van der Waals surface area contributed by atoms with Gasteiger partial charge >= 0.3 is 30.3 Å². The number of carbonyl (C=O) groups is 3. The zero-order valence-electron chi connectivity index (χ0n) is 12.4. The molecule has 2 aliphatic rings. The molecule has 0 aromatic rings. The van der Waals surface area contributed by atoms with Gasteiger partial charge < -0.3 is 14.9 Å². The Bertz CT molecular complexity index is 470. The van der Waals surface area contributed by atoms with Gasteiger partial charge in [0.15, 0.2) is 0 Å². The fraction of sp³-hybridized carbons (Fsp3) is 0.727. The molecule has 0 unspecified atom stereocenters. The Kier molecular flexibility index (Phi) is 8.11. The van der Waals surface area contributed by atoms with Gasteiger partial charge in [-0.3, -0.25) is 10.2 Å². The zero-order valence-corrected chi connectivity index (χ0v) is 12.4. The maximum absolute atomic E-state index is 11.1. The van der Waals surface area contributed by atoms with Crippen LogP contribution >= 0.6 is 0 Å². The topological polar surface area (TPSA) is 125 Å². The molecule has 1 aliphatic carbocycles. The normalized spacial score (nSPS) is 24.4. The first-order valence-electron chi connectivity index (χ1n) is 6.38. The van der Waals surface area contributed by atoms with Crippen molar-refractivity contribution in [3.8, 4) is 0 Å². The summed E-state index contributed by atoms with van der Waals surface area (Å²) in [5.41, 5.74) is 5.93. The lowest BCUT2D eigenvalue weighted by Crippen LogP contribution is -2.51. The molecule has 25 heavy (non-hydrogen) atoms. The highest BCUT2D eigenvalue weighted by molar-refractivity contribution is 5.76. The molecule has 1 aliphatic heterocycles. The van der Waals surface area contributed by atoms with E-state index in [0.29, 0.717) is 11.8 Å². The largest absolute Gasteiger partial charge is 0.490 e. The van der Waals surface area contributed by atoms with Crippen molar-refractivity contribution in [2.75, 3.05) is 13.7 Å². The highest BCUT2D eigenvalue weighted by Crippen LogP contribution is 2.42. The van der Waals surface area contributed by atoms with Crippen molar-refractivity contribution in [2.45, 2.75) is 24.8 Å². The fourth-order valence-electron chi connectivity index (χ4n) is 1.68. The number of halogens is 6. The Morgan fingerprint density at radius 1 is 1.00 bits per heavy atom. The molecule has 0 radical (unpaired) electrons. The van der Waals surface area contributed by atoms with Gasteiger partial charge in [-0.2, -0.15) is 26.3 Å². The number of carboxylic acids is 2. The standard InChI is InChI=1S/C7H12N2O2.2C2HF3O2/c1-11-7(10)6-5-2-4(5)3-8-9-6;2*3-2(4,5)1(6)7/h4-6,8-9H,2-3H2,1H3;2*(H,6,7)/t4-,5-,6-;;/m0../s1. The number of rotatable bonds is 1. The lowest BCUT2D eigenvalue weighted by molar-refractivity contribution is -0.193. The van der Waals surface area contributed by atoms with Crippen molar-refractivity contribution in [1.82, 2.24) is 10.9 Å². The summed E-state index contributed by atoms with van der Waals surface area (Å²) < 4.78 is 68.1. The Labute approximate surface area is 136 Å². The lowest BCUT2D eigenvalue weighted by Gasteiger charge is -2.21. The van der Waals surface area contributed by atoms with Crippen LogP contribution in [0.15, 0.2) is 0 Å². The van der Waals surface area contributed by atoms with E-state index in [1.807, 2.05) is 0 Å². The minimum atomic E-state index is -5.08. The number of hydrogen-bond donors (Lipinski definition) is 4. The molecule has 1 saturated heterocycles. The smallest absolute Gasteiger partial charge is 0.475 e. The molecule has 0 aromatic heterocycles. The van der Waals surface area contributed by atoms with Gasteiger partial charge in [0.25, 0.3) is 0 Å². The van der Waals surface area contributed by atoms with Crippen LogP contribution in [0, 0.1) is 11.8 Å². The summed E-state index contributed by atoms with van der Waals surface area (Å²) in [7, 11) is 1.43. The quantitative estimate of drug-likeness (QED) is 0.381. The molecule has 8 nitrogen and oxygen atoms in total. The lowest BCUT2D eigenvalue weighted by atomic mass is 10.1. The predicted molar refractivity (Wildman–Crippen MR) is 65.9 cm³/mol. The van der Waals surface area contributed by atoms with E-state index in [4.69, 9.17) is 19.8 Å². The van der Waals surface area contributed by atoms with Gasteiger partial charge in [0.05, 0.1) is 7.11 Å². The van der Waals surface area contributed by atoms with Crippen molar-refractivity contribution in [2.24, 2.45) is 11.8 Å².